The van der Waals surface area contributed by atoms with Crippen LogP contribution in [0.1, 0.15) is 5.76 Å². The summed E-state index contributed by atoms with van der Waals surface area (Å²) in [6, 6.07) is 11.5. The fraction of sp³-hybridized carbons (Fsp3) is 0.0714. The number of rotatable bonds is 5. The molecule has 0 atom stereocenters. The average molecular weight is 346 g/mol. The molecule has 3 rings (SSSR count). The van der Waals surface area contributed by atoms with Crippen LogP contribution >= 0.6 is 15.9 Å². The molecule has 2 heterocycles. The van der Waals surface area contributed by atoms with Crippen LogP contribution in [0, 0.1) is 0 Å². The van der Waals surface area contributed by atoms with Gasteiger partial charge in [0.15, 0.2) is 5.82 Å². The SMILES string of the molecule is Brc1ccc(Nc2nncc(NCc3ccco3)n2)cc1. The standard InChI is InChI=1S/C14H12BrN5O/c15-10-3-5-11(6-4-10)18-14-19-13(9-17-20-14)16-8-12-2-1-7-21-12/h1-7,9H,8H2,(H2,16,18,19,20). The summed E-state index contributed by atoms with van der Waals surface area (Å²) in [6.45, 7) is 0.545. The number of benzene rings is 1. The third kappa shape index (κ3) is 3.79. The molecule has 7 heteroatoms. The van der Waals surface area contributed by atoms with E-state index in [0.717, 1.165) is 15.9 Å². The molecule has 0 saturated carbocycles. The number of furan rings is 1. The molecule has 0 bridgehead atoms. The van der Waals surface area contributed by atoms with Crippen LogP contribution < -0.4 is 10.6 Å². The number of nitrogens with one attached hydrogen (secondary N) is 2. The summed E-state index contributed by atoms with van der Waals surface area (Å²) < 4.78 is 6.26. The Morgan fingerprint density at radius 1 is 1.14 bits per heavy atom. The first-order chi connectivity index (χ1) is 10.3. The number of anilines is 3. The van der Waals surface area contributed by atoms with Gasteiger partial charge < -0.3 is 15.1 Å². The minimum atomic E-state index is 0.432. The first kappa shape index (κ1) is 13.6. The molecule has 2 N–H and O–H groups in total. The molecule has 0 spiro atoms. The van der Waals surface area contributed by atoms with E-state index in [1.54, 1.807) is 12.5 Å². The van der Waals surface area contributed by atoms with Crippen molar-refractivity contribution in [1.29, 1.82) is 0 Å². The maximum absolute atomic E-state index is 5.25. The van der Waals surface area contributed by atoms with Crippen molar-refractivity contribution in [3.05, 3.63) is 59.1 Å². The predicted octanol–water partition coefficient (Wildman–Crippen LogP) is 3.58. The zero-order chi connectivity index (χ0) is 14.5. The molecular weight excluding hydrogens is 334 g/mol. The van der Waals surface area contributed by atoms with Crippen molar-refractivity contribution in [2.45, 2.75) is 6.54 Å². The number of aromatic nitrogens is 3. The monoisotopic (exact) mass is 345 g/mol. The highest BCUT2D eigenvalue weighted by Gasteiger charge is 2.02. The Balaban J connectivity index is 1.66. The molecule has 0 aliphatic rings. The van der Waals surface area contributed by atoms with Crippen molar-refractivity contribution in [2.24, 2.45) is 0 Å². The summed E-state index contributed by atoms with van der Waals surface area (Å²) in [5.41, 5.74) is 0.892. The lowest BCUT2D eigenvalue weighted by atomic mass is 10.3. The molecule has 1 aromatic carbocycles. The molecule has 0 unspecified atom stereocenters. The topological polar surface area (TPSA) is 75.9 Å². The summed E-state index contributed by atoms with van der Waals surface area (Å²) in [5, 5.41) is 14.1. The first-order valence-corrected chi connectivity index (χ1v) is 7.07. The van der Waals surface area contributed by atoms with Crippen molar-refractivity contribution >= 4 is 33.4 Å². The van der Waals surface area contributed by atoms with Gasteiger partial charge in [-0.15, -0.1) is 5.10 Å². The van der Waals surface area contributed by atoms with Crippen LogP contribution in [0.2, 0.25) is 0 Å². The van der Waals surface area contributed by atoms with Gasteiger partial charge in [0.05, 0.1) is 19.0 Å². The normalized spacial score (nSPS) is 10.3. The quantitative estimate of drug-likeness (QED) is 0.735. The van der Waals surface area contributed by atoms with Crippen molar-refractivity contribution in [1.82, 2.24) is 15.2 Å². The van der Waals surface area contributed by atoms with Crippen LogP contribution in [0.4, 0.5) is 17.5 Å². The first-order valence-electron chi connectivity index (χ1n) is 6.28. The highest BCUT2D eigenvalue weighted by atomic mass is 79.9. The predicted molar refractivity (Wildman–Crippen MR) is 83.3 cm³/mol. The molecule has 0 aliphatic heterocycles. The zero-order valence-corrected chi connectivity index (χ0v) is 12.5. The van der Waals surface area contributed by atoms with Gasteiger partial charge in [-0.2, -0.15) is 10.1 Å². The lowest BCUT2D eigenvalue weighted by Crippen LogP contribution is -2.05. The molecule has 2 aromatic heterocycles. The van der Waals surface area contributed by atoms with Crippen LogP contribution in [0.3, 0.4) is 0 Å². The van der Waals surface area contributed by atoms with Gasteiger partial charge in [-0.05, 0) is 36.4 Å². The molecule has 0 fully saturated rings. The maximum Gasteiger partial charge on any atom is 0.249 e. The smallest absolute Gasteiger partial charge is 0.249 e. The molecule has 0 saturated heterocycles. The summed E-state index contributed by atoms with van der Waals surface area (Å²) in [7, 11) is 0. The fourth-order valence-electron chi connectivity index (χ4n) is 1.69. The third-order valence-corrected chi connectivity index (χ3v) is 3.21. The molecule has 0 radical (unpaired) electrons. The molecule has 0 amide bonds. The van der Waals surface area contributed by atoms with Crippen LogP contribution in [0.5, 0.6) is 0 Å². The number of nitrogens with zero attached hydrogens (tertiary/aromatic N) is 3. The van der Waals surface area contributed by atoms with E-state index in [-0.39, 0.29) is 0 Å². The lowest BCUT2D eigenvalue weighted by Gasteiger charge is -2.06. The van der Waals surface area contributed by atoms with Gasteiger partial charge in [0.2, 0.25) is 5.95 Å². The van der Waals surface area contributed by atoms with E-state index in [0.29, 0.717) is 18.3 Å². The van der Waals surface area contributed by atoms with E-state index in [4.69, 9.17) is 4.42 Å². The van der Waals surface area contributed by atoms with Crippen molar-refractivity contribution in [2.75, 3.05) is 10.6 Å². The van der Waals surface area contributed by atoms with Gasteiger partial charge in [-0.3, -0.25) is 0 Å². The Morgan fingerprint density at radius 3 is 2.76 bits per heavy atom. The molecule has 6 nitrogen and oxygen atoms in total. The van der Waals surface area contributed by atoms with E-state index in [9.17, 15) is 0 Å². The Labute approximate surface area is 129 Å². The van der Waals surface area contributed by atoms with Crippen LogP contribution in [-0.4, -0.2) is 15.2 Å². The summed E-state index contributed by atoms with van der Waals surface area (Å²) >= 11 is 3.39. The second-order valence-electron chi connectivity index (χ2n) is 4.23. The van der Waals surface area contributed by atoms with Crippen LogP contribution in [0.15, 0.2) is 57.7 Å². The van der Waals surface area contributed by atoms with Crippen molar-refractivity contribution in [3.63, 3.8) is 0 Å². The van der Waals surface area contributed by atoms with Gasteiger partial charge in [-0.25, -0.2) is 0 Å². The Kier molecular flexibility index (Phi) is 4.11. The van der Waals surface area contributed by atoms with E-state index in [2.05, 4.69) is 41.7 Å². The van der Waals surface area contributed by atoms with Crippen LogP contribution in [0.25, 0.3) is 0 Å². The summed E-state index contributed by atoms with van der Waals surface area (Å²) in [4.78, 5) is 4.34. The lowest BCUT2D eigenvalue weighted by molar-refractivity contribution is 0.517. The largest absolute Gasteiger partial charge is 0.467 e. The highest BCUT2D eigenvalue weighted by molar-refractivity contribution is 9.10. The minimum absolute atomic E-state index is 0.432. The van der Waals surface area contributed by atoms with Gasteiger partial charge in [0.25, 0.3) is 0 Å². The van der Waals surface area contributed by atoms with Gasteiger partial charge in [0.1, 0.15) is 5.76 Å². The number of halogens is 1. The Hall–Kier alpha value is -2.41. The molecular formula is C14H12BrN5O. The molecule has 0 aliphatic carbocycles. The summed E-state index contributed by atoms with van der Waals surface area (Å²) in [5.74, 6) is 1.89. The van der Waals surface area contributed by atoms with E-state index in [1.807, 2.05) is 36.4 Å². The van der Waals surface area contributed by atoms with E-state index >= 15 is 0 Å². The van der Waals surface area contributed by atoms with Crippen molar-refractivity contribution in [3.8, 4) is 0 Å². The second-order valence-corrected chi connectivity index (χ2v) is 5.15. The fourth-order valence-corrected chi connectivity index (χ4v) is 1.96. The molecule has 106 valence electrons. The van der Waals surface area contributed by atoms with Crippen molar-refractivity contribution < 1.29 is 4.42 Å². The Morgan fingerprint density at radius 2 is 2.00 bits per heavy atom. The van der Waals surface area contributed by atoms with E-state index in [1.165, 1.54) is 0 Å². The van der Waals surface area contributed by atoms with Gasteiger partial charge in [-0.1, -0.05) is 15.9 Å². The number of hydrogen-bond donors (Lipinski definition) is 2. The van der Waals surface area contributed by atoms with Gasteiger partial charge >= 0.3 is 0 Å². The third-order valence-electron chi connectivity index (χ3n) is 2.68. The maximum atomic E-state index is 5.25. The zero-order valence-electron chi connectivity index (χ0n) is 11.0. The second kappa shape index (κ2) is 6.36. The van der Waals surface area contributed by atoms with E-state index < -0.39 is 0 Å². The molecule has 3 aromatic rings. The number of hydrogen-bond acceptors (Lipinski definition) is 6. The summed E-state index contributed by atoms with van der Waals surface area (Å²) in [6.07, 6.45) is 3.20. The average Bonchev–Trinajstić information content (AvgIpc) is 3.01. The minimum Gasteiger partial charge on any atom is -0.467 e. The highest BCUT2D eigenvalue weighted by Crippen LogP contribution is 2.17. The van der Waals surface area contributed by atoms with Gasteiger partial charge in [0, 0.05) is 10.2 Å². The molecule has 21 heavy (non-hydrogen) atoms. The Bertz CT molecular complexity index is 700. The van der Waals surface area contributed by atoms with Crippen LogP contribution in [-0.2, 0) is 6.54 Å².